The Balaban J connectivity index is 1.80. The van der Waals surface area contributed by atoms with Crippen molar-refractivity contribution in [3.05, 3.63) is 76.5 Å². The Morgan fingerprint density at radius 1 is 1.10 bits per heavy atom. The molecule has 1 N–H and O–H groups in total. The molecule has 3 aromatic rings. The summed E-state index contributed by atoms with van der Waals surface area (Å²) < 4.78 is 2.07. The first-order valence-electron chi connectivity index (χ1n) is 9.19. The van der Waals surface area contributed by atoms with Gasteiger partial charge in [0.1, 0.15) is 5.57 Å². The second-order valence-electron chi connectivity index (χ2n) is 6.69. The fourth-order valence-corrected chi connectivity index (χ4v) is 3.97. The molecule has 1 aromatic heterocycles. The molecule has 146 valence electrons. The lowest BCUT2D eigenvalue weighted by atomic mass is 10.1. The number of rotatable bonds is 4. The fourth-order valence-electron chi connectivity index (χ4n) is 3.47. The number of aromatic nitrogens is 1. The lowest BCUT2D eigenvalue weighted by Crippen LogP contribution is -2.53. The molecule has 1 saturated heterocycles. The summed E-state index contributed by atoms with van der Waals surface area (Å²) in [5.41, 5.74) is 2.84. The van der Waals surface area contributed by atoms with Crippen molar-refractivity contribution in [1.29, 1.82) is 0 Å². The number of hydrogen-bond acceptors (Lipinski definition) is 3. The summed E-state index contributed by atoms with van der Waals surface area (Å²) in [6.45, 7) is 2.78. The molecule has 29 heavy (non-hydrogen) atoms. The number of likely N-dealkylation sites (N-methyl/N-ethyl adjacent to an activating group) is 1. The highest BCUT2D eigenvalue weighted by molar-refractivity contribution is 7.80. The average molecular weight is 424 g/mol. The molecule has 1 fully saturated rings. The van der Waals surface area contributed by atoms with Gasteiger partial charge in [0.25, 0.3) is 11.8 Å². The highest BCUT2D eigenvalue weighted by atomic mass is 35.5. The summed E-state index contributed by atoms with van der Waals surface area (Å²) in [5, 5.41) is 4.37. The molecule has 0 saturated carbocycles. The summed E-state index contributed by atoms with van der Waals surface area (Å²) in [4.78, 5) is 26.5. The van der Waals surface area contributed by atoms with Crippen molar-refractivity contribution in [2.45, 2.75) is 13.5 Å². The molecule has 0 radical (unpaired) electrons. The van der Waals surface area contributed by atoms with E-state index in [9.17, 15) is 9.59 Å². The zero-order chi connectivity index (χ0) is 20.5. The van der Waals surface area contributed by atoms with Crippen LogP contribution in [0.1, 0.15) is 18.1 Å². The van der Waals surface area contributed by atoms with Crippen LogP contribution in [0.2, 0.25) is 5.02 Å². The largest absolute Gasteiger partial charge is 0.342 e. The van der Waals surface area contributed by atoms with Gasteiger partial charge in [0.05, 0.1) is 0 Å². The fraction of sp³-hybridized carbons (Fsp3) is 0.136. The van der Waals surface area contributed by atoms with Gasteiger partial charge in [0, 0.05) is 40.8 Å². The van der Waals surface area contributed by atoms with Crippen LogP contribution >= 0.6 is 23.8 Å². The van der Waals surface area contributed by atoms with Gasteiger partial charge in [-0.1, -0.05) is 48.0 Å². The van der Waals surface area contributed by atoms with Crippen molar-refractivity contribution in [3.63, 3.8) is 0 Å². The molecular weight excluding hydrogens is 406 g/mol. The van der Waals surface area contributed by atoms with Crippen molar-refractivity contribution >= 4 is 57.7 Å². The van der Waals surface area contributed by atoms with Crippen LogP contribution in [-0.2, 0) is 16.1 Å². The monoisotopic (exact) mass is 423 g/mol. The maximum Gasteiger partial charge on any atom is 0.265 e. The van der Waals surface area contributed by atoms with E-state index in [1.807, 2.05) is 61.7 Å². The average Bonchev–Trinajstić information content (AvgIpc) is 3.05. The van der Waals surface area contributed by atoms with E-state index in [2.05, 4.69) is 9.88 Å². The van der Waals surface area contributed by atoms with E-state index in [-0.39, 0.29) is 16.6 Å². The Kier molecular flexibility index (Phi) is 5.22. The van der Waals surface area contributed by atoms with E-state index in [4.69, 9.17) is 23.8 Å². The zero-order valence-electron chi connectivity index (χ0n) is 15.7. The normalized spacial score (nSPS) is 16.0. The molecule has 2 aromatic carbocycles. The number of fused-ring (bicyclic) bond motifs is 1. The van der Waals surface area contributed by atoms with Gasteiger partial charge in [-0.2, -0.15) is 0 Å². The predicted octanol–water partition coefficient (Wildman–Crippen LogP) is 3.99. The molecular formula is C22H18ClN3O2S. The van der Waals surface area contributed by atoms with Gasteiger partial charge in [-0.05, 0) is 42.9 Å². The quantitative estimate of drug-likeness (QED) is 0.392. The number of halogens is 1. The second-order valence-corrected chi connectivity index (χ2v) is 7.48. The van der Waals surface area contributed by atoms with Crippen LogP contribution in [-0.4, -0.2) is 32.9 Å². The maximum atomic E-state index is 12.7. The highest BCUT2D eigenvalue weighted by Crippen LogP contribution is 2.27. The summed E-state index contributed by atoms with van der Waals surface area (Å²) in [5.74, 6) is -0.864. The minimum absolute atomic E-state index is 0.0705. The van der Waals surface area contributed by atoms with Crippen molar-refractivity contribution < 1.29 is 9.59 Å². The molecule has 0 aliphatic carbocycles. The number of carbonyl (C=O) groups is 2. The SMILES string of the molecule is CCN1C(=O)/C(=C/c2cn(Cc3ccccc3Cl)c3ccccc23)C(=O)NC1=S. The molecule has 5 nitrogen and oxygen atoms in total. The number of nitrogens with zero attached hydrogens (tertiary/aromatic N) is 2. The number of benzene rings is 2. The van der Waals surface area contributed by atoms with Crippen LogP contribution < -0.4 is 5.32 Å². The van der Waals surface area contributed by atoms with Crippen molar-refractivity contribution in [2.75, 3.05) is 6.54 Å². The Morgan fingerprint density at radius 2 is 1.83 bits per heavy atom. The molecule has 0 spiro atoms. The van der Waals surface area contributed by atoms with Crippen LogP contribution in [0.3, 0.4) is 0 Å². The van der Waals surface area contributed by atoms with Gasteiger partial charge in [-0.3, -0.25) is 19.8 Å². The van der Waals surface area contributed by atoms with Gasteiger partial charge in [0.15, 0.2) is 5.11 Å². The Labute approximate surface area is 178 Å². The van der Waals surface area contributed by atoms with Gasteiger partial charge >= 0.3 is 0 Å². The number of amides is 2. The van der Waals surface area contributed by atoms with Crippen LogP contribution in [0.5, 0.6) is 0 Å². The molecule has 4 rings (SSSR count). The molecule has 0 unspecified atom stereocenters. The molecule has 2 amide bonds. The molecule has 1 aliphatic rings. The van der Waals surface area contributed by atoms with E-state index in [1.165, 1.54) is 4.90 Å². The lowest BCUT2D eigenvalue weighted by Gasteiger charge is -2.27. The standard InChI is InChI=1S/C22H18ClN3O2S/c1-2-26-21(28)17(20(27)24-22(26)29)11-15-13-25(19-10-6-4-8-16(15)19)12-14-7-3-5-9-18(14)23/h3-11,13H,2,12H2,1H3,(H,24,27,29)/b17-11+. The third kappa shape index (κ3) is 3.57. The van der Waals surface area contributed by atoms with Crippen LogP contribution in [0.15, 0.2) is 60.3 Å². The van der Waals surface area contributed by atoms with Crippen LogP contribution in [0, 0.1) is 0 Å². The smallest absolute Gasteiger partial charge is 0.265 e. The molecule has 0 bridgehead atoms. The molecule has 2 heterocycles. The van der Waals surface area contributed by atoms with Gasteiger partial charge < -0.3 is 4.57 Å². The van der Waals surface area contributed by atoms with E-state index in [0.29, 0.717) is 18.1 Å². The third-order valence-corrected chi connectivity index (χ3v) is 5.61. The minimum atomic E-state index is -0.479. The number of hydrogen-bond donors (Lipinski definition) is 1. The van der Waals surface area contributed by atoms with E-state index in [1.54, 1.807) is 6.08 Å². The number of carbonyl (C=O) groups excluding carboxylic acids is 2. The first-order chi connectivity index (χ1) is 14.0. The maximum absolute atomic E-state index is 12.7. The Hall–Kier alpha value is -2.96. The first-order valence-corrected chi connectivity index (χ1v) is 9.98. The summed E-state index contributed by atoms with van der Waals surface area (Å²) in [6, 6.07) is 15.5. The molecule has 1 aliphatic heterocycles. The lowest BCUT2D eigenvalue weighted by molar-refractivity contribution is -0.128. The summed E-state index contributed by atoms with van der Waals surface area (Å²) in [7, 11) is 0. The topological polar surface area (TPSA) is 54.3 Å². The van der Waals surface area contributed by atoms with Gasteiger partial charge in [-0.15, -0.1) is 0 Å². The summed E-state index contributed by atoms with van der Waals surface area (Å²) in [6.07, 6.45) is 3.57. The van der Waals surface area contributed by atoms with Gasteiger partial charge in [-0.25, -0.2) is 0 Å². The number of thiocarbonyl (C=S) groups is 1. The zero-order valence-corrected chi connectivity index (χ0v) is 17.3. The minimum Gasteiger partial charge on any atom is -0.342 e. The van der Waals surface area contributed by atoms with Gasteiger partial charge in [0.2, 0.25) is 0 Å². The summed E-state index contributed by atoms with van der Waals surface area (Å²) >= 11 is 11.4. The second kappa shape index (κ2) is 7.81. The first kappa shape index (κ1) is 19.4. The molecule has 7 heteroatoms. The Bertz CT molecular complexity index is 1180. The van der Waals surface area contributed by atoms with Crippen molar-refractivity contribution in [2.24, 2.45) is 0 Å². The van der Waals surface area contributed by atoms with Crippen molar-refractivity contribution in [1.82, 2.24) is 14.8 Å². The van der Waals surface area contributed by atoms with Crippen molar-refractivity contribution in [3.8, 4) is 0 Å². The molecule has 0 atom stereocenters. The predicted molar refractivity (Wildman–Crippen MR) is 119 cm³/mol. The van der Waals surface area contributed by atoms with Crippen LogP contribution in [0.25, 0.3) is 17.0 Å². The Morgan fingerprint density at radius 3 is 2.59 bits per heavy atom. The van der Waals surface area contributed by atoms with E-state index < -0.39 is 5.91 Å². The highest BCUT2D eigenvalue weighted by Gasteiger charge is 2.32. The number of nitrogens with one attached hydrogen (secondary N) is 1. The van der Waals surface area contributed by atoms with E-state index in [0.717, 1.165) is 22.0 Å². The van der Waals surface area contributed by atoms with E-state index >= 15 is 0 Å². The third-order valence-electron chi connectivity index (χ3n) is 4.92. The number of para-hydroxylation sites is 1. The van der Waals surface area contributed by atoms with Crippen LogP contribution in [0.4, 0.5) is 0 Å².